The maximum absolute atomic E-state index is 12.9. The molecule has 0 aliphatic heterocycles. The third-order valence-electron chi connectivity index (χ3n) is 4.54. The molecule has 0 bridgehead atoms. The number of H-pyrrole nitrogens is 1. The second kappa shape index (κ2) is 6.47. The molecule has 4 N–H and O–H groups in total. The summed E-state index contributed by atoms with van der Waals surface area (Å²) in [5, 5.41) is 9.68. The number of benzene rings is 1. The standard InChI is InChI=1S/C18H22N4O2/c1-10(2)14-15(16(17(19)23)22-21-14)20-18(24)13-9-5-7-11-6-3-4-8-12(11)13/h3-4,6,8,10,13H,5,7,9H2,1-2H3,(H2,19,23)(H,20,24)(H,21,22). The van der Waals surface area contributed by atoms with E-state index in [9.17, 15) is 9.59 Å². The first-order valence-electron chi connectivity index (χ1n) is 8.25. The number of hydrogen-bond donors (Lipinski definition) is 3. The van der Waals surface area contributed by atoms with Crippen LogP contribution in [0.5, 0.6) is 0 Å². The van der Waals surface area contributed by atoms with E-state index in [4.69, 9.17) is 5.73 Å². The van der Waals surface area contributed by atoms with Crippen molar-refractivity contribution in [1.82, 2.24) is 10.2 Å². The number of primary amides is 1. The lowest BCUT2D eigenvalue weighted by Gasteiger charge is -2.24. The van der Waals surface area contributed by atoms with Crippen LogP contribution in [0.2, 0.25) is 0 Å². The molecule has 1 aliphatic carbocycles. The van der Waals surface area contributed by atoms with Gasteiger partial charge in [0.05, 0.1) is 17.3 Å². The van der Waals surface area contributed by atoms with E-state index in [1.807, 2.05) is 32.0 Å². The number of hydrogen-bond acceptors (Lipinski definition) is 3. The Balaban J connectivity index is 1.91. The Morgan fingerprint density at radius 3 is 2.79 bits per heavy atom. The molecule has 0 saturated carbocycles. The second-order valence-corrected chi connectivity index (χ2v) is 6.51. The molecule has 6 heteroatoms. The molecule has 2 amide bonds. The number of rotatable bonds is 4. The van der Waals surface area contributed by atoms with Crippen LogP contribution in [0.25, 0.3) is 0 Å². The van der Waals surface area contributed by atoms with Crippen molar-refractivity contribution in [2.24, 2.45) is 5.73 Å². The topological polar surface area (TPSA) is 101 Å². The number of nitrogens with one attached hydrogen (secondary N) is 2. The molecule has 0 saturated heterocycles. The lowest BCUT2D eigenvalue weighted by atomic mass is 9.82. The molecule has 1 heterocycles. The number of aromatic nitrogens is 2. The normalized spacial score (nSPS) is 16.7. The molecule has 1 aliphatic rings. The SMILES string of the molecule is CC(C)c1[nH]nc(C(N)=O)c1NC(=O)C1CCCc2ccccc21. The minimum absolute atomic E-state index is 0.0798. The third kappa shape index (κ3) is 2.91. The molecule has 1 aromatic heterocycles. The van der Waals surface area contributed by atoms with Crippen molar-refractivity contribution < 1.29 is 9.59 Å². The van der Waals surface area contributed by atoms with Crippen molar-refractivity contribution in [3.8, 4) is 0 Å². The van der Waals surface area contributed by atoms with Crippen molar-refractivity contribution in [3.05, 3.63) is 46.8 Å². The zero-order chi connectivity index (χ0) is 17.3. The largest absolute Gasteiger partial charge is 0.364 e. The van der Waals surface area contributed by atoms with E-state index in [1.165, 1.54) is 5.56 Å². The molecule has 126 valence electrons. The van der Waals surface area contributed by atoms with Gasteiger partial charge in [0.1, 0.15) is 0 Å². The lowest BCUT2D eigenvalue weighted by Crippen LogP contribution is -2.26. The van der Waals surface area contributed by atoms with Crippen molar-refractivity contribution in [3.63, 3.8) is 0 Å². The smallest absolute Gasteiger partial charge is 0.271 e. The van der Waals surface area contributed by atoms with Crippen molar-refractivity contribution >= 4 is 17.5 Å². The summed E-state index contributed by atoms with van der Waals surface area (Å²) in [5.74, 6) is -0.907. The number of carbonyl (C=O) groups excluding carboxylic acids is 2. The molecular weight excluding hydrogens is 304 g/mol. The van der Waals surface area contributed by atoms with Crippen LogP contribution in [0.1, 0.15) is 65.8 Å². The van der Waals surface area contributed by atoms with Gasteiger partial charge in [-0.05, 0) is 36.3 Å². The van der Waals surface area contributed by atoms with Crippen LogP contribution in [-0.4, -0.2) is 22.0 Å². The number of aromatic amines is 1. The summed E-state index contributed by atoms with van der Waals surface area (Å²) in [5.41, 5.74) is 8.87. The van der Waals surface area contributed by atoms with E-state index in [1.54, 1.807) is 0 Å². The Morgan fingerprint density at radius 2 is 2.08 bits per heavy atom. The first-order chi connectivity index (χ1) is 11.5. The number of amides is 2. The average Bonchev–Trinajstić information content (AvgIpc) is 2.98. The van der Waals surface area contributed by atoms with Gasteiger partial charge in [0, 0.05) is 0 Å². The van der Waals surface area contributed by atoms with E-state index in [-0.39, 0.29) is 23.4 Å². The van der Waals surface area contributed by atoms with Crippen molar-refractivity contribution in [2.75, 3.05) is 5.32 Å². The fraction of sp³-hybridized carbons (Fsp3) is 0.389. The summed E-state index contributed by atoms with van der Waals surface area (Å²) in [7, 11) is 0. The molecule has 1 aromatic carbocycles. The average molecular weight is 326 g/mol. The molecule has 0 spiro atoms. The highest BCUT2D eigenvalue weighted by Crippen LogP contribution is 2.33. The Morgan fingerprint density at radius 1 is 1.33 bits per heavy atom. The highest BCUT2D eigenvalue weighted by molar-refractivity contribution is 6.04. The predicted octanol–water partition coefficient (Wildman–Crippen LogP) is 2.69. The number of nitrogens with two attached hydrogens (primary N) is 1. The van der Waals surface area contributed by atoms with E-state index < -0.39 is 5.91 Å². The summed E-state index contributed by atoms with van der Waals surface area (Å²) in [6, 6.07) is 8.03. The van der Waals surface area contributed by atoms with Gasteiger partial charge in [0.2, 0.25) is 5.91 Å². The molecule has 1 unspecified atom stereocenters. The highest BCUT2D eigenvalue weighted by Gasteiger charge is 2.29. The molecule has 6 nitrogen and oxygen atoms in total. The molecule has 24 heavy (non-hydrogen) atoms. The van der Waals surface area contributed by atoms with Gasteiger partial charge in [-0.2, -0.15) is 5.10 Å². The first kappa shape index (κ1) is 16.2. The fourth-order valence-corrected chi connectivity index (χ4v) is 3.31. The summed E-state index contributed by atoms with van der Waals surface area (Å²) in [4.78, 5) is 24.5. The van der Waals surface area contributed by atoms with Gasteiger partial charge in [0.25, 0.3) is 5.91 Å². The quantitative estimate of drug-likeness (QED) is 0.805. The van der Waals surface area contributed by atoms with Crippen LogP contribution in [0, 0.1) is 0 Å². The molecule has 0 fully saturated rings. The summed E-state index contributed by atoms with van der Waals surface area (Å²) in [6.45, 7) is 3.92. The summed E-state index contributed by atoms with van der Waals surface area (Å²) < 4.78 is 0. The van der Waals surface area contributed by atoms with E-state index in [0.717, 1.165) is 24.8 Å². The molecule has 3 rings (SSSR count). The zero-order valence-electron chi connectivity index (χ0n) is 13.9. The van der Waals surface area contributed by atoms with Crippen LogP contribution >= 0.6 is 0 Å². The van der Waals surface area contributed by atoms with Gasteiger partial charge >= 0.3 is 0 Å². The highest BCUT2D eigenvalue weighted by atomic mass is 16.2. The van der Waals surface area contributed by atoms with E-state index >= 15 is 0 Å². The molecule has 0 radical (unpaired) electrons. The Kier molecular flexibility index (Phi) is 4.38. The van der Waals surface area contributed by atoms with Gasteiger partial charge in [-0.1, -0.05) is 38.1 Å². The monoisotopic (exact) mass is 326 g/mol. The summed E-state index contributed by atoms with van der Waals surface area (Å²) in [6.07, 6.45) is 2.76. The third-order valence-corrected chi connectivity index (χ3v) is 4.54. The summed E-state index contributed by atoms with van der Waals surface area (Å²) >= 11 is 0. The number of fused-ring (bicyclic) bond motifs is 1. The number of anilines is 1. The molecule has 1 atom stereocenters. The molecule has 2 aromatic rings. The predicted molar refractivity (Wildman–Crippen MR) is 91.9 cm³/mol. The minimum Gasteiger partial charge on any atom is -0.364 e. The fourth-order valence-electron chi connectivity index (χ4n) is 3.31. The number of aryl methyl sites for hydroxylation is 1. The molecular formula is C18H22N4O2. The number of carbonyl (C=O) groups is 2. The lowest BCUT2D eigenvalue weighted by molar-refractivity contribution is -0.117. The second-order valence-electron chi connectivity index (χ2n) is 6.51. The first-order valence-corrected chi connectivity index (χ1v) is 8.25. The maximum atomic E-state index is 12.9. The van der Waals surface area contributed by atoms with E-state index in [0.29, 0.717) is 11.4 Å². The van der Waals surface area contributed by atoms with Crippen LogP contribution in [0.3, 0.4) is 0 Å². The van der Waals surface area contributed by atoms with Crippen LogP contribution < -0.4 is 11.1 Å². The van der Waals surface area contributed by atoms with E-state index in [2.05, 4.69) is 21.6 Å². The Hall–Kier alpha value is -2.63. The van der Waals surface area contributed by atoms with Gasteiger partial charge in [0.15, 0.2) is 5.69 Å². The Bertz CT molecular complexity index is 779. The van der Waals surface area contributed by atoms with Gasteiger partial charge in [-0.15, -0.1) is 0 Å². The van der Waals surface area contributed by atoms with Crippen LogP contribution in [0.4, 0.5) is 5.69 Å². The maximum Gasteiger partial charge on any atom is 0.271 e. The zero-order valence-corrected chi connectivity index (χ0v) is 13.9. The Labute approximate surface area is 140 Å². The van der Waals surface area contributed by atoms with Gasteiger partial charge < -0.3 is 11.1 Å². The minimum atomic E-state index is -0.655. The van der Waals surface area contributed by atoms with Crippen LogP contribution in [-0.2, 0) is 11.2 Å². The van der Waals surface area contributed by atoms with Crippen molar-refractivity contribution in [1.29, 1.82) is 0 Å². The van der Waals surface area contributed by atoms with Gasteiger partial charge in [-0.25, -0.2) is 0 Å². The van der Waals surface area contributed by atoms with Crippen molar-refractivity contribution in [2.45, 2.75) is 44.9 Å². The number of nitrogens with zero attached hydrogens (tertiary/aromatic N) is 1. The van der Waals surface area contributed by atoms with Gasteiger partial charge in [-0.3, -0.25) is 14.7 Å². The van der Waals surface area contributed by atoms with Crippen LogP contribution in [0.15, 0.2) is 24.3 Å².